The minimum absolute atomic E-state index is 0.161. The third-order valence-electron chi connectivity index (χ3n) is 3.29. The Labute approximate surface area is 135 Å². The van der Waals surface area contributed by atoms with Crippen LogP contribution >= 0.6 is 31.9 Å². The fourth-order valence-corrected chi connectivity index (χ4v) is 3.44. The first-order valence-electron chi connectivity index (χ1n) is 6.60. The van der Waals surface area contributed by atoms with Crippen LogP contribution in [0.15, 0.2) is 51.4 Å². The van der Waals surface area contributed by atoms with Gasteiger partial charge in [-0.25, -0.2) is 0 Å². The zero-order chi connectivity index (χ0) is 14.1. The smallest absolute Gasteiger partial charge is 0.120 e. The van der Waals surface area contributed by atoms with Crippen LogP contribution in [0.2, 0.25) is 0 Å². The van der Waals surface area contributed by atoms with Crippen LogP contribution in [-0.4, -0.2) is 6.10 Å². The first-order valence-corrected chi connectivity index (χ1v) is 8.18. The number of benzene rings is 2. The van der Waals surface area contributed by atoms with Crippen molar-refractivity contribution < 1.29 is 4.74 Å². The number of hydrogen-bond acceptors (Lipinski definition) is 2. The Hall–Kier alpha value is -0.840. The summed E-state index contributed by atoms with van der Waals surface area (Å²) in [6, 6.07) is 14.0. The highest BCUT2D eigenvalue weighted by Gasteiger charge is 2.23. The van der Waals surface area contributed by atoms with Crippen LogP contribution in [0.4, 0.5) is 0 Å². The maximum Gasteiger partial charge on any atom is 0.120 e. The third-order valence-corrected chi connectivity index (χ3v) is 4.20. The zero-order valence-electron chi connectivity index (χ0n) is 10.9. The van der Waals surface area contributed by atoms with Crippen LogP contribution < -0.4 is 10.5 Å². The highest BCUT2D eigenvalue weighted by molar-refractivity contribution is 9.11. The molecule has 1 fully saturated rings. The number of halogens is 2. The lowest BCUT2D eigenvalue weighted by molar-refractivity contribution is 0.303. The topological polar surface area (TPSA) is 35.2 Å². The molecule has 1 aliphatic rings. The summed E-state index contributed by atoms with van der Waals surface area (Å²) in [5.74, 6) is 0.912. The molecule has 1 atom stereocenters. The maximum atomic E-state index is 6.37. The van der Waals surface area contributed by atoms with Gasteiger partial charge in [-0.3, -0.25) is 0 Å². The summed E-state index contributed by atoms with van der Waals surface area (Å²) >= 11 is 7.00. The Morgan fingerprint density at radius 1 is 1.00 bits per heavy atom. The molecule has 0 amide bonds. The SMILES string of the molecule is NC(c1cc(Br)cc(Br)c1)c1cccc(OC2CC2)c1. The van der Waals surface area contributed by atoms with E-state index in [1.807, 2.05) is 42.5 Å². The summed E-state index contributed by atoms with van der Waals surface area (Å²) in [6.45, 7) is 0. The van der Waals surface area contributed by atoms with Crippen molar-refractivity contribution in [3.63, 3.8) is 0 Å². The van der Waals surface area contributed by atoms with E-state index in [2.05, 4.69) is 31.9 Å². The molecule has 2 nitrogen and oxygen atoms in total. The van der Waals surface area contributed by atoms with Gasteiger partial charge < -0.3 is 10.5 Å². The standard InChI is InChI=1S/C16H15Br2NO/c17-12-6-11(7-13(18)9-12)16(19)10-2-1-3-15(8-10)20-14-4-5-14/h1-3,6-9,14,16H,4-5,19H2. The van der Waals surface area contributed by atoms with Gasteiger partial charge in [0.2, 0.25) is 0 Å². The van der Waals surface area contributed by atoms with Crippen molar-refractivity contribution >= 4 is 31.9 Å². The van der Waals surface area contributed by atoms with Crippen molar-refractivity contribution in [2.45, 2.75) is 25.0 Å². The van der Waals surface area contributed by atoms with Gasteiger partial charge in [0.15, 0.2) is 0 Å². The lowest BCUT2D eigenvalue weighted by atomic mass is 9.99. The first-order chi connectivity index (χ1) is 9.61. The van der Waals surface area contributed by atoms with Crippen LogP contribution in [0.3, 0.4) is 0 Å². The quantitative estimate of drug-likeness (QED) is 0.805. The fraction of sp³-hybridized carbons (Fsp3) is 0.250. The molecule has 0 aliphatic heterocycles. The highest BCUT2D eigenvalue weighted by Crippen LogP contribution is 2.31. The molecule has 0 spiro atoms. The van der Waals surface area contributed by atoms with Crippen LogP contribution in [0, 0.1) is 0 Å². The number of hydrogen-bond donors (Lipinski definition) is 1. The van der Waals surface area contributed by atoms with Crippen LogP contribution in [0.25, 0.3) is 0 Å². The summed E-state index contributed by atoms with van der Waals surface area (Å²) < 4.78 is 7.86. The fourth-order valence-electron chi connectivity index (χ4n) is 2.11. The Bertz CT molecular complexity index is 605. The average molecular weight is 397 g/mol. The number of ether oxygens (including phenoxy) is 1. The van der Waals surface area contributed by atoms with E-state index in [1.165, 1.54) is 0 Å². The van der Waals surface area contributed by atoms with Crippen LogP contribution in [0.1, 0.15) is 30.0 Å². The third kappa shape index (κ3) is 3.43. The molecule has 0 heterocycles. The van der Waals surface area contributed by atoms with Gasteiger partial charge in [-0.1, -0.05) is 44.0 Å². The van der Waals surface area contributed by atoms with Gasteiger partial charge in [-0.2, -0.15) is 0 Å². The predicted octanol–water partition coefficient (Wildman–Crippen LogP) is 4.80. The van der Waals surface area contributed by atoms with Crippen molar-refractivity contribution in [1.29, 1.82) is 0 Å². The molecule has 104 valence electrons. The lowest BCUT2D eigenvalue weighted by Crippen LogP contribution is -2.12. The summed E-state index contributed by atoms with van der Waals surface area (Å²) in [5.41, 5.74) is 8.50. The second-order valence-electron chi connectivity index (χ2n) is 5.07. The van der Waals surface area contributed by atoms with E-state index in [0.717, 1.165) is 38.7 Å². The highest BCUT2D eigenvalue weighted by atomic mass is 79.9. The van der Waals surface area contributed by atoms with E-state index in [4.69, 9.17) is 10.5 Å². The van der Waals surface area contributed by atoms with E-state index in [-0.39, 0.29) is 6.04 Å². The predicted molar refractivity (Wildman–Crippen MR) is 88.0 cm³/mol. The monoisotopic (exact) mass is 395 g/mol. The Kier molecular flexibility index (Phi) is 4.15. The molecule has 0 radical (unpaired) electrons. The van der Waals surface area contributed by atoms with Crippen molar-refractivity contribution in [1.82, 2.24) is 0 Å². The number of rotatable bonds is 4. The Balaban J connectivity index is 1.86. The minimum Gasteiger partial charge on any atom is -0.490 e. The molecule has 1 unspecified atom stereocenters. The normalized spacial score (nSPS) is 15.9. The van der Waals surface area contributed by atoms with Gasteiger partial charge in [-0.15, -0.1) is 0 Å². The molecule has 1 saturated carbocycles. The van der Waals surface area contributed by atoms with E-state index in [9.17, 15) is 0 Å². The van der Waals surface area contributed by atoms with Gasteiger partial charge in [0.1, 0.15) is 5.75 Å². The minimum atomic E-state index is -0.161. The van der Waals surface area contributed by atoms with Crippen LogP contribution in [0.5, 0.6) is 5.75 Å². The molecule has 2 aromatic rings. The van der Waals surface area contributed by atoms with E-state index in [0.29, 0.717) is 6.10 Å². The number of nitrogens with two attached hydrogens (primary N) is 1. The van der Waals surface area contributed by atoms with Crippen molar-refractivity contribution in [3.05, 3.63) is 62.5 Å². The molecular weight excluding hydrogens is 382 g/mol. The molecule has 3 rings (SSSR count). The molecular formula is C16H15Br2NO. The van der Waals surface area contributed by atoms with Gasteiger partial charge in [0, 0.05) is 8.95 Å². The molecule has 0 bridgehead atoms. The van der Waals surface area contributed by atoms with E-state index in [1.54, 1.807) is 0 Å². The van der Waals surface area contributed by atoms with Gasteiger partial charge in [0.05, 0.1) is 12.1 Å². The van der Waals surface area contributed by atoms with Crippen LogP contribution in [-0.2, 0) is 0 Å². The maximum absolute atomic E-state index is 6.37. The first kappa shape index (κ1) is 14.1. The lowest BCUT2D eigenvalue weighted by Gasteiger charge is -2.15. The van der Waals surface area contributed by atoms with Gasteiger partial charge in [0.25, 0.3) is 0 Å². The zero-order valence-corrected chi connectivity index (χ0v) is 14.0. The summed E-state index contributed by atoms with van der Waals surface area (Å²) in [4.78, 5) is 0. The summed E-state index contributed by atoms with van der Waals surface area (Å²) in [6.07, 6.45) is 2.73. The Morgan fingerprint density at radius 3 is 2.35 bits per heavy atom. The average Bonchev–Trinajstić information content (AvgIpc) is 3.21. The van der Waals surface area contributed by atoms with E-state index < -0.39 is 0 Å². The van der Waals surface area contributed by atoms with Crippen molar-refractivity contribution in [2.75, 3.05) is 0 Å². The van der Waals surface area contributed by atoms with Gasteiger partial charge >= 0.3 is 0 Å². The van der Waals surface area contributed by atoms with Crippen molar-refractivity contribution in [2.24, 2.45) is 5.73 Å². The largest absolute Gasteiger partial charge is 0.490 e. The second-order valence-corrected chi connectivity index (χ2v) is 6.90. The van der Waals surface area contributed by atoms with Crippen molar-refractivity contribution in [3.8, 4) is 5.75 Å². The molecule has 20 heavy (non-hydrogen) atoms. The molecule has 4 heteroatoms. The summed E-state index contributed by atoms with van der Waals surface area (Å²) in [7, 11) is 0. The molecule has 0 saturated heterocycles. The summed E-state index contributed by atoms with van der Waals surface area (Å²) in [5, 5.41) is 0. The second kappa shape index (κ2) is 5.88. The molecule has 2 aromatic carbocycles. The Morgan fingerprint density at radius 2 is 1.70 bits per heavy atom. The van der Waals surface area contributed by atoms with E-state index >= 15 is 0 Å². The van der Waals surface area contributed by atoms with Gasteiger partial charge in [-0.05, 0) is 54.3 Å². The molecule has 0 aromatic heterocycles. The molecule has 2 N–H and O–H groups in total. The molecule has 1 aliphatic carbocycles.